The largest absolute Gasteiger partial charge is 0.495 e. The molecule has 2 N–H and O–H groups in total. The Hall–Kier alpha value is -0.730. The Bertz CT molecular complexity index is 415. The second-order valence-corrected chi connectivity index (χ2v) is 5.30. The van der Waals surface area contributed by atoms with Gasteiger partial charge in [-0.2, -0.15) is 0 Å². The molecule has 0 aromatic heterocycles. The monoisotopic (exact) mass is 253 g/mol. The molecule has 1 atom stereocenters. The summed E-state index contributed by atoms with van der Waals surface area (Å²) in [6, 6.07) is 2.21. The molecule has 0 fully saturated rings. The number of halogens is 1. The summed E-state index contributed by atoms with van der Waals surface area (Å²) in [5, 5.41) is 0.726. The first-order valence-corrected chi connectivity index (χ1v) is 6.64. The maximum atomic E-state index is 6.28. The van der Waals surface area contributed by atoms with Gasteiger partial charge in [0.05, 0.1) is 12.1 Å². The molecule has 94 valence electrons. The Labute approximate surface area is 108 Å². The van der Waals surface area contributed by atoms with E-state index in [2.05, 4.69) is 0 Å². The van der Waals surface area contributed by atoms with E-state index in [1.807, 2.05) is 13.0 Å². The first-order chi connectivity index (χ1) is 8.13. The summed E-state index contributed by atoms with van der Waals surface area (Å²) in [6.45, 7) is 2.04. The highest BCUT2D eigenvalue weighted by Crippen LogP contribution is 2.38. The lowest BCUT2D eigenvalue weighted by Gasteiger charge is -2.23. The molecule has 0 saturated carbocycles. The second kappa shape index (κ2) is 5.28. The van der Waals surface area contributed by atoms with Crippen molar-refractivity contribution in [1.82, 2.24) is 0 Å². The highest BCUT2D eigenvalue weighted by molar-refractivity contribution is 6.32. The van der Waals surface area contributed by atoms with Crippen LogP contribution < -0.4 is 10.5 Å². The molecule has 1 aromatic carbocycles. The first-order valence-electron chi connectivity index (χ1n) is 6.26. The van der Waals surface area contributed by atoms with Crippen molar-refractivity contribution in [1.29, 1.82) is 0 Å². The van der Waals surface area contributed by atoms with Gasteiger partial charge in [0.2, 0.25) is 0 Å². The molecule has 3 heteroatoms. The molecule has 0 bridgehead atoms. The van der Waals surface area contributed by atoms with Gasteiger partial charge >= 0.3 is 0 Å². The lowest BCUT2D eigenvalue weighted by atomic mass is 9.85. The van der Waals surface area contributed by atoms with Crippen LogP contribution in [0.25, 0.3) is 0 Å². The van der Waals surface area contributed by atoms with E-state index in [4.69, 9.17) is 22.1 Å². The summed E-state index contributed by atoms with van der Waals surface area (Å²) in [5.41, 5.74) is 9.94. The molecule has 1 unspecified atom stereocenters. The van der Waals surface area contributed by atoms with Crippen molar-refractivity contribution in [2.75, 3.05) is 7.11 Å². The van der Waals surface area contributed by atoms with Crippen molar-refractivity contribution in [3.05, 3.63) is 27.8 Å². The molecule has 0 spiro atoms. The molecule has 0 radical (unpaired) electrons. The van der Waals surface area contributed by atoms with Crippen LogP contribution >= 0.6 is 11.6 Å². The van der Waals surface area contributed by atoms with E-state index in [1.54, 1.807) is 7.11 Å². The predicted molar refractivity (Wildman–Crippen MR) is 72.0 cm³/mol. The molecule has 2 rings (SSSR count). The number of hydrogen-bond acceptors (Lipinski definition) is 2. The van der Waals surface area contributed by atoms with Crippen molar-refractivity contribution in [3.8, 4) is 5.75 Å². The zero-order valence-electron chi connectivity index (χ0n) is 10.6. The topological polar surface area (TPSA) is 35.2 Å². The molecule has 1 aliphatic rings. The highest BCUT2D eigenvalue weighted by atomic mass is 35.5. The van der Waals surface area contributed by atoms with E-state index in [-0.39, 0.29) is 6.04 Å². The van der Waals surface area contributed by atoms with Gasteiger partial charge in [0.25, 0.3) is 0 Å². The Morgan fingerprint density at radius 1 is 1.35 bits per heavy atom. The first kappa shape index (κ1) is 12.7. The van der Waals surface area contributed by atoms with Crippen LogP contribution in [0, 0.1) is 0 Å². The van der Waals surface area contributed by atoms with Crippen LogP contribution in [0.2, 0.25) is 5.02 Å². The fourth-order valence-electron chi connectivity index (χ4n) is 2.71. The zero-order chi connectivity index (χ0) is 12.4. The highest BCUT2D eigenvalue weighted by Gasteiger charge is 2.20. The van der Waals surface area contributed by atoms with Crippen LogP contribution in [0.4, 0.5) is 0 Å². The third-order valence-corrected chi connectivity index (χ3v) is 3.67. The van der Waals surface area contributed by atoms with Crippen molar-refractivity contribution >= 4 is 11.6 Å². The van der Waals surface area contributed by atoms with Crippen molar-refractivity contribution in [3.63, 3.8) is 0 Å². The Morgan fingerprint density at radius 3 is 2.59 bits per heavy atom. The number of rotatable bonds is 3. The third-order valence-electron chi connectivity index (χ3n) is 3.39. The summed E-state index contributed by atoms with van der Waals surface area (Å²) in [5.74, 6) is 0.870. The number of hydrogen-bond donors (Lipinski definition) is 1. The molecule has 17 heavy (non-hydrogen) atoms. The van der Waals surface area contributed by atoms with Gasteiger partial charge in [0.15, 0.2) is 0 Å². The van der Waals surface area contributed by atoms with Gasteiger partial charge in [-0.1, -0.05) is 11.6 Å². The average Bonchev–Trinajstić information content (AvgIpc) is 2.28. The Balaban J connectivity index is 2.50. The quantitative estimate of drug-likeness (QED) is 0.898. The van der Waals surface area contributed by atoms with Crippen molar-refractivity contribution in [2.45, 2.75) is 45.1 Å². The number of nitrogens with two attached hydrogens (primary N) is 1. The van der Waals surface area contributed by atoms with Crippen LogP contribution in [0.3, 0.4) is 0 Å². The van der Waals surface area contributed by atoms with E-state index in [1.165, 1.54) is 29.5 Å². The Kier molecular flexibility index (Phi) is 3.95. The minimum Gasteiger partial charge on any atom is -0.495 e. The lowest BCUT2D eigenvalue weighted by molar-refractivity contribution is 0.406. The molecule has 1 aromatic rings. The smallest absolute Gasteiger partial charge is 0.140 e. The average molecular weight is 254 g/mol. The van der Waals surface area contributed by atoms with Gasteiger partial charge in [0, 0.05) is 6.04 Å². The standard InChI is InChI=1S/C14H20ClNO/c1-9(16)7-10-8-13(15)14(17-2)12-6-4-3-5-11(10)12/h8-9H,3-7,16H2,1-2H3. The van der Waals surface area contributed by atoms with Crippen LogP contribution in [0.5, 0.6) is 5.75 Å². The predicted octanol–water partition coefficient (Wildman–Crippen LogP) is 3.12. The minimum absolute atomic E-state index is 0.172. The number of methoxy groups -OCH3 is 1. The summed E-state index contributed by atoms with van der Waals surface area (Å²) < 4.78 is 5.44. The molecule has 0 aliphatic heterocycles. The molecule has 1 aliphatic carbocycles. The van der Waals surface area contributed by atoms with Crippen LogP contribution in [-0.4, -0.2) is 13.2 Å². The SMILES string of the molecule is COc1c(Cl)cc(CC(C)N)c2c1CCCC2. The summed E-state index contributed by atoms with van der Waals surface area (Å²) in [4.78, 5) is 0. The lowest BCUT2D eigenvalue weighted by Crippen LogP contribution is -2.20. The van der Waals surface area contributed by atoms with E-state index in [0.717, 1.165) is 30.0 Å². The van der Waals surface area contributed by atoms with E-state index in [9.17, 15) is 0 Å². The normalized spacial score (nSPS) is 16.5. The fourth-order valence-corrected chi connectivity index (χ4v) is 3.03. The van der Waals surface area contributed by atoms with E-state index >= 15 is 0 Å². The molecule has 0 amide bonds. The van der Waals surface area contributed by atoms with Crippen LogP contribution in [0.15, 0.2) is 6.07 Å². The molecule has 0 heterocycles. The molecule has 0 saturated heterocycles. The van der Waals surface area contributed by atoms with E-state index in [0.29, 0.717) is 0 Å². The maximum absolute atomic E-state index is 6.28. The maximum Gasteiger partial charge on any atom is 0.140 e. The number of ether oxygens (including phenoxy) is 1. The number of benzene rings is 1. The number of fused-ring (bicyclic) bond motifs is 1. The molecular weight excluding hydrogens is 234 g/mol. The van der Waals surface area contributed by atoms with Gasteiger partial charge in [-0.05, 0) is 61.8 Å². The van der Waals surface area contributed by atoms with Crippen molar-refractivity contribution < 1.29 is 4.74 Å². The third kappa shape index (κ3) is 2.58. The van der Waals surface area contributed by atoms with Crippen LogP contribution in [0.1, 0.15) is 36.5 Å². The van der Waals surface area contributed by atoms with Gasteiger partial charge in [0.1, 0.15) is 5.75 Å². The Morgan fingerprint density at radius 2 is 2.00 bits per heavy atom. The molecular formula is C14H20ClNO. The summed E-state index contributed by atoms with van der Waals surface area (Å²) >= 11 is 6.28. The van der Waals surface area contributed by atoms with E-state index < -0.39 is 0 Å². The zero-order valence-corrected chi connectivity index (χ0v) is 11.3. The molecule has 2 nitrogen and oxygen atoms in total. The van der Waals surface area contributed by atoms with Gasteiger partial charge in [-0.3, -0.25) is 0 Å². The van der Waals surface area contributed by atoms with Crippen molar-refractivity contribution in [2.24, 2.45) is 5.73 Å². The van der Waals surface area contributed by atoms with Crippen LogP contribution in [-0.2, 0) is 19.3 Å². The summed E-state index contributed by atoms with van der Waals surface area (Å²) in [6.07, 6.45) is 5.58. The second-order valence-electron chi connectivity index (χ2n) is 4.90. The van der Waals surface area contributed by atoms with Gasteiger partial charge < -0.3 is 10.5 Å². The fraction of sp³-hybridized carbons (Fsp3) is 0.571. The van der Waals surface area contributed by atoms with Gasteiger partial charge in [-0.15, -0.1) is 0 Å². The summed E-state index contributed by atoms with van der Waals surface area (Å²) in [7, 11) is 1.70. The minimum atomic E-state index is 0.172. The van der Waals surface area contributed by atoms with Gasteiger partial charge in [-0.25, -0.2) is 0 Å².